The van der Waals surface area contributed by atoms with Crippen molar-refractivity contribution in [3.8, 4) is 5.88 Å². The van der Waals surface area contributed by atoms with Crippen LogP contribution >= 0.6 is 11.6 Å². The molecule has 27 heavy (non-hydrogen) atoms. The summed E-state index contributed by atoms with van der Waals surface area (Å²) in [6, 6.07) is 4.94. The van der Waals surface area contributed by atoms with Crippen LogP contribution in [-0.4, -0.2) is 56.0 Å². The summed E-state index contributed by atoms with van der Waals surface area (Å²) in [5, 5.41) is 0.441. The number of halogens is 1. The van der Waals surface area contributed by atoms with Crippen LogP contribution in [0.3, 0.4) is 0 Å². The maximum absolute atomic E-state index is 13.1. The van der Waals surface area contributed by atoms with Gasteiger partial charge in [0.15, 0.2) is 5.82 Å². The first-order valence-corrected chi connectivity index (χ1v) is 10.5. The second kappa shape index (κ2) is 8.00. The number of anilines is 1. The van der Waals surface area contributed by atoms with Crippen LogP contribution in [0.2, 0.25) is 5.02 Å². The maximum atomic E-state index is 13.1. The smallest absolute Gasteiger partial charge is 0.257 e. The van der Waals surface area contributed by atoms with E-state index in [1.165, 1.54) is 4.31 Å². The number of aromatic nitrogens is 2. The van der Waals surface area contributed by atoms with E-state index >= 15 is 0 Å². The average molecular weight is 411 g/mol. The van der Waals surface area contributed by atoms with Gasteiger partial charge in [-0.15, -0.1) is 0 Å². The van der Waals surface area contributed by atoms with E-state index in [0.717, 1.165) is 6.42 Å². The molecule has 0 aliphatic carbocycles. The van der Waals surface area contributed by atoms with Gasteiger partial charge in [-0.25, -0.2) is 18.4 Å². The Morgan fingerprint density at radius 2 is 2.00 bits per heavy atom. The molecule has 0 amide bonds. The van der Waals surface area contributed by atoms with E-state index in [0.29, 0.717) is 35.2 Å². The zero-order valence-electron chi connectivity index (χ0n) is 15.6. The van der Waals surface area contributed by atoms with E-state index in [1.54, 1.807) is 37.5 Å². The van der Waals surface area contributed by atoms with Crippen LogP contribution in [0.4, 0.5) is 5.82 Å². The molecule has 7 nitrogen and oxygen atoms in total. The summed E-state index contributed by atoms with van der Waals surface area (Å²) in [4.78, 5) is 10.6. The monoisotopic (exact) mass is 410 g/mol. The Labute approximate surface area is 165 Å². The first-order valence-electron chi connectivity index (χ1n) is 8.71. The predicted octanol–water partition coefficient (Wildman–Crippen LogP) is 2.74. The van der Waals surface area contributed by atoms with Gasteiger partial charge in [-0.05, 0) is 37.5 Å². The molecular formula is C18H23ClN4O3S. The summed E-state index contributed by atoms with van der Waals surface area (Å²) >= 11 is 6.11. The van der Waals surface area contributed by atoms with Crippen molar-refractivity contribution in [3.05, 3.63) is 41.2 Å². The number of rotatable bonds is 5. The number of benzene rings is 1. The molecule has 1 unspecified atom stereocenters. The third-order valence-corrected chi connectivity index (χ3v) is 6.94. The lowest BCUT2D eigenvalue weighted by molar-refractivity contribution is 0.125. The molecule has 0 bridgehead atoms. The van der Waals surface area contributed by atoms with Crippen molar-refractivity contribution in [1.82, 2.24) is 14.3 Å². The number of piperidine rings is 1. The quantitative estimate of drug-likeness (QED) is 0.754. The zero-order chi connectivity index (χ0) is 19.6. The van der Waals surface area contributed by atoms with Crippen LogP contribution < -0.4 is 9.64 Å². The Balaban J connectivity index is 1.81. The normalized spacial score (nSPS) is 18.3. The fourth-order valence-electron chi connectivity index (χ4n) is 3.09. The van der Waals surface area contributed by atoms with E-state index in [4.69, 9.17) is 16.3 Å². The van der Waals surface area contributed by atoms with E-state index in [2.05, 4.69) is 9.97 Å². The van der Waals surface area contributed by atoms with Gasteiger partial charge in [0.2, 0.25) is 10.0 Å². The minimum atomic E-state index is -3.64. The molecule has 1 aliphatic rings. The van der Waals surface area contributed by atoms with Crippen LogP contribution in [0, 0.1) is 6.92 Å². The van der Waals surface area contributed by atoms with Gasteiger partial charge in [0.1, 0.15) is 6.10 Å². The number of hydrogen-bond donors (Lipinski definition) is 0. The van der Waals surface area contributed by atoms with Gasteiger partial charge in [0.05, 0.1) is 11.4 Å². The predicted molar refractivity (Wildman–Crippen MR) is 105 cm³/mol. The molecule has 1 saturated heterocycles. The Morgan fingerprint density at radius 3 is 2.74 bits per heavy atom. The molecule has 0 spiro atoms. The fourth-order valence-corrected chi connectivity index (χ4v) is 5.08. The lowest BCUT2D eigenvalue weighted by atomic mass is 10.1. The number of nitrogens with zero attached hydrogens (tertiary/aromatic N) is 4. The molecule has 2 aromatic rings. The summed E-state index contributed by atoms with van der Waals surface area (Å²) in [6.45, 7) is 2.43. The molecular weight excluding hydrogens is 388 g/mol. The maximum Gasteiger partial charge on any atom is 0.257 e. The molecule has 9 heteroatoms. The van der Waals surface area contributed by atoms with Crippen molar-refractivity contribution in [3.63, 3.8) is 0 Å². The third-order valence-electron chi connectivity index (χ3n) is 4.53. The molecule has 3 rings (SSSR count). The third kappa shape index (κ3) is 4.17. The summed E-state index contributed by atoms with van der Waals surface area (Å²) in [5.74, 6) is 1.02. The standard InChI is InChI=1S/C18H23ClN4O3S/c1-13-15(19)7-4-8-16(13)27(24,25)23-11-5-6-14(12-23)26-18-17(22(2)3)20-9-10-21-18/h4,7-10,14H,5-6,11-12H2,1-3H3. The molecule has 1 aromatic heterocycles. The van der Waals surface area contributed by atoms with Crippen LogP contribution in [0.25, 0.3) is 0 Å². The number of hydrogen-bond acceptors (Lipinski definition) is 6. The number of sulfonamides is 1. The topological polar surface area (TPSA) is 75.6 Å². The highest BCUT2D eigenvalue weighted by Crippen LogP contribution is 2.29. The van der Waals surface area contributed by atoms with Gasteiger partial charge < -0.3 is 9.64 Å². The van der Waals surface area contributed by atoms with Gasteiger partial charge in [-0.1, -0.05) is 17.7 Å². The van der Waals surface area contributed by atoms with Gasteiger partial charge in [0, 0.05) is 38.1 Å². The minimum absolute atomic E-state index is 0.240. The van der Waals surface area contributed by atoms with Crippen molar-refractivity contribution in [1.29, 1.82) is 0 Å². The Hall–Kier alpha value is -1.90. The van der Waals surface area contributed by atoms with E-state index in [1.807, 2.05) is 19.0 Å². The SMILES string of the molecule is Cc1c(Cl)cccc1S(=O)(=O)N1CCCC(Oc2nccnc2N(C)C)C1. The highest BCUT2D eigenvalue weighted by Gasteiger charge is 2.33. The van der Waals surface area contributed by atoms with E-state index < -0.39 is 10.0 Å². The highest BCUT2D eigenvalue weighted by atomic mass is 35.5. The molecule has 1 atom stereocenters. The Morgan fingerprint density at radius 1 is 1.26 bits per heavy atom. The Bertz CT molecular complexity index is 921. The van der Waals surface area contributed by atoms with Crippen LogP contribution in [0.15, 0.2) is 35.5 Å². The van der Waals surface area contributed by atoms with Crippen molar-refractivity contribution in [2.45, 2.75) is 30.8 Å². The van der Waals surface area contributed by atoms with Crippen LogP contribution in [0.5, 0.6) is 5.88 Å². The largest absolute Gasteiger partial charge is 0.470 e. The van der Waals surface area contributed by atoms with Crippen molar-refractivity contribution in [2.24, 2.45) is 0 Å². The molecule has 0 N–H and O–H groups in total. The molecule has 2 heterocycles. The van der Waals surface area contributed by atoms with Crippen molar-refractivity contribution >= 4 is 27.4 Å². The first kappa shape index (κ1) is 19.9. The summed E-state index contributed by atoms with van der Waals surface area (Å²) in [5.41, 5.74) is 0.561. The molecule has 1 fully saturated rings. The van der Waals surface area contributed by atoms with E-state index in [9.17, 15) is 8.42 Å². The van der Waals surface area contributed by atoms with Crippen molar-refractivity contribution in [2.75, 3.05) is 32.1 Å². The fraction of sp³-hybridized carbons (Fsp3) is 0.444. The van der Waals surface area contributed by atoms with Crippen molar-refractivity contribution < 1.29 is 13.2 Å². The molecule has 1 aromatic carbocycles. The zero-order valence-corrected chi connectivity index (χ0v) is 17.2. The van der Waals surface area contributed by atoms with Gasteiger partial charge in [0.25, 0.3) is 5.88 Å². The molecule has 146 valence electrons. The highest BCUT2D eigenvalue weighted by molar-refractivity contribution is 7.89. The van der Waals surface area contributed by atoms with Crippen LogP contribution in [0.1, 0.15) is 18.4 Å². The lowest BCUT2D eigenvalue weighted by Gasteiger charge is -2.32. The summed E-state index contributed by atoms with van der Waals surface area (Å²) in [6.07, 6.45) is 4.34. The molecule has 1 aliphatic heterocycles. The minimum Gasteiger partial charge on any atom is -0.470 e. The van der Waals surface area contributed by atoms with Gasteiger partial charge in [-0.3, -0.25) is 0 Å². The van der Waals surface area contributed by atoms with E-state index in [-0.39, 0.29) is 17.5 Å². The van der Waals surface area contributed by atoms with Gasteiger partial charge in [-0.2, -0.15) is 4.31 Å². The first-order chi connectivity index (χ1) is 12.8. The summed E-state index contributed by atoms with van der Waals surface area (Å²) < 4.78 is 33.7. The average Bonchev–Trinajstić information content (AvgIpc) is 2.64. The lowest BCUT2D eigenvalue weighted by Crippen LogP contribution is -2.44. The molecule has 0 radical (unpaired) electrons. The second-order valence-electron chi connectivity index (χ2n) is 6.69. The number of ether oxygens (including phenoxy) is 1. The van der Waals surface area contributed by atoms with Gasteiger partial charge >= 0.3 is 0 Å². The molecule has 0 saturated carbocycles. The Kier molecular flexibility index (Phi) is 5.88. The van der Waals surface area contributed by atoms with Crippen LogP contribution in [-0.2, 0) is 10.0 Å². The summed E-state index contributed by atoms with van der Waals surface area (Å²) in [7, 11) is 0.0707. The second-order valence-corrected chi connectivity index (χ2v) is 9.00.